The van der Waals surface area contributed by atoms with Crippen molar-refractivity contribution in [3.05, 3.63) is 88.9 Å². The van der Waals surface area contributed by atoms with E-state index in [1.165, 1.54) is 7.11 Å². The normalized spacial score (nSPS) is 11.9. The van der Waals surface area contributed by atoms with Gasteiger partial charge in [-0.05, 0) is 29.8 Å². The van der Waals surface area contributed by atoms with Crippen LogP contribution in [0.3, 0.4) is 0 Å². The molecule has 0 aliphatic heterocycles. The second-order valence-corrected chi connectivity index (χ2v) is 7.34. The molecule has 0 spiro atoms. The summed E-state index contributed by atoms with van der Waals surface area (Å²) in [4.78, 5) is 30.4. The summed E-state index contributed by atoms with van der Waals surface area (Å²) in [6, 6.07) is 21.2. The minimum Gasteiger partial charge on any atom is -0.467 e. The number of para-hydroxylation sites is 2. The summed E-state index contributed by atoms with van der Waals surface area (Å²) >= 11 is 5.95. The first-order chi connectivity index (χ1) is 14.6. The molecule has 1 atom stereocenters. The Hall–Kier alpha value is -3.44. The molecule has 5 nitrogen and oxygen atoms in total. The molecule has 0 unspecified atom stereocenters. The summed E-state index contributed by atoms with van der Waals surface area (Å²) in [7, 11) is 1.31. The van der Waals surface area contributed by atoms with E-state index in [0.717, 1.165) is 16.3 Å². The number of pyridine rings is 1. The second-order valence-electron chi connectivity index (χ2n) is 6.90. The zero-order valence-electron chi connectivity index (χ0n) is 16.3. The number of rotatable bonds is 5. The SMILES string of the molecule is COC(=O)[C@@H](Cc1ccc(Cl)cc1)NC(=O)c1c2ccccc2nc2ccccc12. The van der Waals surface area contributed by atoms with Gasteiger partial charge < -0.3 is 10.1 Å². The van der Waals surface area contributed by atoms with Gasteiger partial charge in [0.05, 0.1) is 23.7 Å². The van der Waals surface area contributed by atoms with E-state index in [-0.39, 0.29) is 12.3 Å². The molecular weight excluding hydrogens is 400 g/mol. The van der Waals surface area contributed by atoms with E-state index in [1.807, 2.05) is 60.7 Å². The van der Waals surface area contributed by atoms with Crippen LogP contribution < -0.4 is 5.32 Å². The largest absolute Gasteiger partial charge is 0.467 e. The van der Waals surface area contributed by atoms with Crippen molar-refractivity contribution in [3.8, 4) is 0 Å². The summed E-state index contributed by atoms with van der Waals surface area (Å²) in [6.07, 6.45) is 0.288. The number of ether oxygens (including phenoxy) is 1. The van der Waals surface area contributed by atoms with Gasteiger partial charge in [-0.3, -0.25) is 4.79 Å². The van der Waals surface area contributed by atoms with Gasteiger partial charge in [0.1, 0.15) is 6.04 Å². The Bertz CT molecular complexity index is 1180. The Kier molecular flexibility index (Phi) is 5.63. The molecule has 0 fully saturated rings. The van der Waals surface area contributed by atoms with E-state index in [9.17, 15) is 9.59 Å². The number of amides is 1. The maximum absolute atomic E-state index is 13.4. The fraction of sp³-hybridized carbons (Fsp3) is 0.125. The first-order valence-corrected chi connectivity index (χ1v) is 9.85. The average molecular weight is 419 g/mol. The van der Waals surface area contributed by atoms with Gasteiger partial charge in [0.15, 0.2) is 0 Å². The van der Waals surface area contributed by atoms with E-state index < -0.39 is 12.0 Å². The Balaban J connectivity index is 1.74. The quantitative estimate of drug-likeness (QED) is 0.381. The predicted octanol–water partition coefficient (Wildman–Crippen LogP) is 4.56. The van der Waals surface area contributed by atoms with Crippen LogP contribution in [0.25, 0.3) is 21.8 Å². The molecule has 0 radical (unpaired) electrons. The number of hydrogen-bond acceptors (Lipinski definition) is 4. The highest BCUT2D eigenvalue weighted by molar-refractivity contribution is 6.30. The maximum Gasteiger partial charge on any atom is 0.328 e. The predicted molar refractivity (Wildman–Crippen MR) is 118 cm³/mol. The van der Waals surface area contributed by atoms with Crippen molar-refractivity contribution in [2.24, 2.45) is 0 Å². The molecule has 1 aromatic heterocycles. The zero-order valence-corrected chi connectivity index (χ0v) is 17.0. The molecule has 0 saturated heterocycles. The fourth-order valence-electron chi connectivity index (χ4n) is 3.51. The Morgan fingerprint density at radius 3 is 2.07 bits per heavy atom. The van der Waals surface area contributed by atoms with Gasteiger partial charge in [-0.25, -0.2) is 9.78 Å². The summed E-state index contributed by atoms with van der Waals surface area (Å²) in [6.45, 7) is 0. The van der Waals surface area contributed by atoms with Crippen molar-refractivity contribution in [2.75, 3.05) is 7.11 Å². The van der Waals surface area contributed by atoms with Gasteiger partial charge in [0.2, 0.25) is 0 Å². The van der Waals surface area contributed by atoms with Crippen LogP contribution in [0.15, 0.2) is 72.8 Å². The number of esters is 1. The number of nitrogens with zero attached hydrogens (tertiary/aromatic N) is 1. The Morgan fingerprint density at radius 2 is 1.50 bits per heavy atom. The van der Waals surface area contributed by atoms with Crippen molar-refractivity contribution in [1.82, 2.24) is 10.3 Å². The number of carbonyl (C=O) groups excluding carboxylic acids is 2. The summed E-state index contributed by atoms with van der Waals surface area (Å²) < 4.78 is 4.93. The van der Waals surface area contributed by atoms with Crippen LogP contribution in [0.1, 0.15) is 15.9 Å². The third-order valence-corrected chi connectivity index (χ3v) is 5.21. The van der Waals surface area contributed by atoms with Crippen molar-refractivity contribution in [1.29, 1.82) is 0 Å². The monoisotopic (exact) mass is 418 g/mol. The molecule has 1 heterocycles. The van der Waals surface area contributed by atoms with Crippen molar-refractivity contribution < 1.29 is 14.3 Å². The first-order valence-electron chi connectivity index (χ1n) is 9.47. The lowest BCUT2D eigenvalue weighted by Gasteiger charge is -2.18. The lowest BCUT2D eigenvalue weighted by Crippen LogP contribution is -2.43. The molecule has 3 aromatic carbocycles. The summed E-state index contributed by atoms with van der Waals surface area (Å²) in [5.74, 6) is -0.866. The number of aromatic nitrogens is 1. The number of carbonyl (C=O) groups is 2. The number of halogens is 1. The fourth-order valence-corrected chi connectivity index (χ4v) is 3.63. The molecule has 30 heavy (non-hydrogen) atoms. The molecule has 0 saturated carbocycles. The molecule has 150 valence electrons. The minimum absolute atomic E-state index is 0.288. The molecule has 0 bridgehead atoms. The topological polar surface area (TPSA) is 68.3 Å². The Labute approximate surface area is 178 Å². The first kappa shape index (κ1) is 19.9. The zero-order chi connectivity index (χ0) is 21.1. The standard InChI is InChI=1S/C24H19ClN2O3/c1-30-24(29)21(14-15-10-12-16(25)13-11-15)27-23(28)22-17-6-2-4-8-19(17)26-20-9-5-3-7-18(20)22/h2-13,21H,14H2,1H3,(H,27,28)/t21-/m1/s1. The van der Waals surface area contributed by atoms with Gasteiger partial charge in [0.25, 0.3) is 5.91 Å². The van der Waals surface area contributed by atoms with Gasteiger partial charge >= 0.3 is 5.97 Å². The van der Waals surface area contributed by atoms with E-state index in [4.69, 9.17) is 16.3 Å². The number of methoxy groups -OCH3 is 1. The maximum atomic E-state index is 13.4. The van der Waals surface area contributed by atoms with Crippen LogP contribution in [0, 0.1) is 0 Å². The van der Waals surface area contributed by atoms with Crippen LogP contribution in [-0.2, 0) is 16.0 Å². The van der Waals surface area contributed by atoms with Crippen LogP contribution in [-0.4, -0.2) is 30.0 Å². The van der Waals surface area contributed by atoms with Crippen molar-refractivity contribution in [2.45, 2.75) is 12.5 Å². The highest BCUT2D eigenvalue weighted by Gasteiger charge is 2.25. The molecule has 1 N–H and O–H groups in total. The van der Waals surface area contributed by atoms with E-state index >= 15 is 0 Å². The van der Waals surface area contributed by atoms with Gasteiger partial charge in [-0.15, -0.1) is 0 Å². The number of fused-ring (bicyclic) bond motifs is 2. The van der Waals surface area contributed by atoms with Gasteiger partial charge in [-0.2, -0.15) is 0 Å². The minimum atomic E-state index is -0.839. The molecule has 0 aliphatic carbocycles. The summed E-state index contributed by atoms with van der Waals surface area (Å²) in [5.41, 5.74) is 2.78. The highest BCUT2D eigenvalue weighted by atomic mass is 35.5. The average Bonchev–Trinajstić information content (AvgIpc) is 2.77. The third kappa shape index (κ3) is 3.98. The van der Waals surface area contributed by atoms with Gasteiger partial charge in [-0.1, -0.05) is 60.1 Å². The van der Waals surface area contributed by atoms with E-state index in [1.54, 1.807) is 12.1 Å². The molecule has 0 aliphatic rings. The summed E-state index contributed by atoms with van der Waals surface area (Å²) in [5, 5.41) is 4.91. The molecule has 4 aromatic rings. The molecule has 6 heteroatoms. The van der Waals surface area contributed by atoms with Gasteiger partial charge in [0, 0.05) is 22.2 Å². The van der Waals surface area contributed by atoms with E-state index in [0.29, 0.717) is 21.6 Å². The number of nitrogens with one attached hydrogen (secondary N) is 1. The molecule has 1 amide bonds. The Morgan fingerprint density at radius 1 is 0.933 bits per heavy atom. The number of benzene rings is 3. The molecular formula is C24H19ClN2O3. The third-order valence-electron chi connectivity index (χ3n) is 4.96. The van der Waals surface area contributed by atoms with Crippen LogP contribution >= 0.6 is 11.6 Å². The highest BCUT2D eigenvalue weighted by Crippen LogP contribution is 2.26. The van der Waals surface area contributed by atoms with Crippen LogP contribution in [0.2, 0.25) is 5.02 Å². The second kappa shape index (κ2) is 8.51. The van der Waals surface area contributed by atoms with Crippen molar-refractivity contribution >= 4 is 45.3 Å². The molecule has 4 rings (SSSR count). The van der Waals surface area contributed by atoms with E-state index in [2.05, 4.69) is 10.3 Å². The number of hydrogen-bond donors (Lipinski definition) is 1. The lowest BCUT2D eigenvalue weighted by molar-refractivity contribution is -0.142. The van der Waals surface area contributed by atoms with Crippen LogP contribution in [0.4, 0.5) is 0 Å². The smallest absolute Gasteiger partial charge is 0.328 e. The van der Waals surface area contributed by atoms with Crippen LogP contribution in [0.5, 0.6) is 0 Å². The van der Waals surface area contributed by atoms with Crippen molar-refractivity contribution in [3.63, 3.8) is 0 Å². The lowest BCUT2D eigenvalue weighted by atomic mass is 10.0.